The second-order valence-corrected chi connectivity index (χ2v) is 6.54. The van der Waals surface area contributed by atoms with E-state index in [9.17, 15) is 0 Å². The van der Waals surface area contributed by atoms with E-state index in [0.29, 0.717) is 12.1 Å². The van der Waals surface area contributed by atoms with Gasteiger partial charge in [0.2, 0.25) is 0 Å². The molecule has 1 saturated heterocycles. The number of thiophene rings is 1. The van der Waals surface area contributed by atoms with E-state index in [2.05, 4.69) is 33.8 Å². The summed E-state index contributed by atoms with van der Waals surface area (Å²) in [4.78, 5) is 3.78. The summed E-state index contributed by atoms with van der Waals surface area (Å²) in [5.74, 6) is 0. The molecular formula is C11H15BrClNOS. The first kappa shape index (κ1) is 12.8. The molecule has 0 aromatic carbocycles. The number of nitrogens with zero attached hydrogens (tertiary/aromatic N) is 1. The molecule has 2 atom stereocenters. The minimum Gasteiger partial charge on any atom is -0.374 e. The Morgan fingerprint density at radius 3 is 3.06 bits per heavy atom. The Hall–Kier alpha value is 0.390. The number of ether oxygens (including phenoxy) is 1. The molecule has 1 fully saturated rings. The Bertz CT molecular complexity index is 346. The van der Waals surface area contributed by atoms with E-state index in [1.807, 2.05) is 6.07 Å². The SMILES string of the molecule is CC1COC(CBr)CN1Cc1ccc(Cl)s1. The van der Waals surface area contributed by atoms with Crippen LogP contribution in [0.5, 0.6) is 0 Å². The molecule has 16 heavy (non-hydrogen) atoms. The molecule has 0 bridgehead atoms. The van der Waals surface area contributed by atoms with Crippen LogP contribution in [0, 0.1) is 0 Å². The Balaban J connectivity index is 1.96. The maximum Gasteiger partial charge on any atom is 0.0931 e. The zero-order chi connectivity index (χ0) is 11.5. The minimum atomic E-state index is 0.312. The first-order valence-electron chi connectivity index (χ1n) is 5.35. The summed E-state index contributed by atoms with van der Waals surface area (Å²) < 4.78 is 6.57. The highest BCUT2D eigenvalue weighted by atomic mass is 79.9. The van der Waals surface area contributed by atoms with Crippen LogP contribution in [0.3, 0.4) is 0 Å². The molecular weight excluding hydrogens is 310 g/mol. The fourth-order valence-corrected chi connectivity index (χ4v) is 3.33. The van der Waals surface area contributed by atoms with E-state index in [4.69, 9.17) is 16.3 Å². The first-order valence-corrected chi connectivity index (χ1v) is 7.66. The second kappa shape index (κ2) is 5.83. The molecule has 1 aromatic heterocycles. The molecule has 0 spiro atoms. The van der Waals surface area contributed by atoms with Gasteiger partial charge in [-0.05, 0) is 19.1 Å². The molecule has 0 saturated carbocycles. The summed E-state index contributed by atoms with van der Waals surface area (Å²) in [5.41, 5.74) is 0. The molecule has 0 radical (unpaired) electrons. The molecule has 2 rings (SSSR count). The third-order valence-electron chi connectivity index (χ3n) is 2.79. The number of morpholine rings is 1. The van der Waals surface area contributed by atoms with Crippen LogP contribution >= 0.6 is 38.9 Å². The molecule has 90 valence electrons. The van der Waals surface area contributed by atoms with E-state index in [1.54, 1.807) is 11.3 Å². The van der Waals surface area contributed by atoms with Crippen LogP contribution < -0.4 is 0 Å². The lowest BCUT2D eigenvalue weighted by Crippen LogP contribution is -2.48. The standard InChI is InChI=1S/C11H15BrClNOS/c1-8-7-15-9(4-12)5-14(8)6-10-2-3-11(13)16-10/h2-3,8-9H,4-7H2,1H3. The van der Waals surface area contributed by atoms with Crippen molar-refractivity contribution in [3.8, 4) is 0 Å². The van der Waals surface area contributed by atoms with Gasteiger partial charge < -0.3 is 4.74 Å². The highest BCUT2D eigenvalue weighted by Gasteiger charge is 2.25. The van der Waals surface area contributed by atoms with Gasteiger partial charge in [-0.3, -0.25) is 4.90 Å². The average molecular weight is 325 g/mol. The van der Waals surface area contributed by atoms with Crippen LogP contribution in [0.4, 0.5) is 0 Å². The third kappa shape index (κ3) is 3.20. The molecule has 2 unspecified atom stereocenters. The maximum absolute atomic E-state index is 5.94. The van der Waals surface area contributed by atoms with Crippen molar-refractivity contribution in [3.05, 3.63) is 21.3 Å². The van der Waals surface area contributed by atoms with Crippen LogP contribution in [0.2, 0.25) is 4.34 Å². The summed E-state index contributed by atoms with van der Waals surface area (Å²) in [6, 6.07) is 4.56. The van der Waals surface area contributed by atoms with Gasteiger partial charge in [-0.1, -0.05) is 27.5 Å². The van der Waals surface area contributed by atoms with E-state index >= 15 is 0 Å². The molecule has 0 amide bonds. The predicted molar refractivity (Wildman–Crippen MR) is 72.7 cm³/mol. The van der Waals surface area contributed by atoms with Crippen LogP contribution in [0.1, 0.15) is 11.8 Å². The lowest BCUT2D eigenvalue weighted by Gasteiger charge is -2.37. The van der Waals surface area contributed by atoms with Crippen LogP contribution in [0.25, 0.3) is 0 Å². The van der Waals surface area contributed by atoms with E-state index in [-0.39, 0.29) is 0 Å². The Morgan fingerprint density at radius 1 is 1.62 bits per heavy atom. The zero-order valence-electron chi connectivity index (χ0n) is 9.16. The van der Waals surface area contributed by atoms with Gasteiger partial charge in [0.1, 0.15) is 0 Å². The number of hydrogen-bond donors (Lipinski definition) is 0. The average Bonchev–Trinajstić information content (AvgIpc) is 2.67. The minimum absolute atomic E-state index is 0.312. The normalized spacial score (nSPS) is 27.2. The number of hydrogen-bond acceptors (Lipinski definition) is 3. The van der Waals surface area contributed by atoms with E-state index in [0.717, 1.165) is 29.4 Å². The lowest BCUT2D eigenvalue weighted by molar-refractivity contribution is -0.0496. The van der Waals surface area contributed by atoms with Gasteiger partial charge in [0, 0.05) is 29.3 Å². The van der Waals surface area contributed by atoms with Gasteiger partial charge in [-0.15, -0.1) is 11.3 Å². The van der Waals surface area contributed by atoms with Crippen molar-refractivity contribution in [1.82, 2.24) is 4.90 Å². The largest absolute Gasteiger partial charge is 0.374 e. The summed E-state index contributed by atoms with van der Waals surface area (Å²) in [7, 11) is 0. The number of rotatable bonds is 3. The van der Waals surface area contributed by atoms with Crippen molar-refractivity contribution in [3.63, 3.8) is 0 Å². The van der Waals surface area contributed by atoms with E-state index in [1.165, 1.54) is 4.88 Å². The van der Waals surface area contributed by atoms with Gasteiger partial charge in [0.15, 0.2) is 0 Å². The Labute approximate surface area is 114 Å². The molecule has 0 N–H and O–H groups in total. The van der Waals surface area contributed by atoms with Gasteiger partial charge >= 0.3 is 0 Å². The number of alkyl halides is 1. The van der Waals surface area contributed by atoms with Crippen molar-refractivity contribution in [1.29, 1.82) is 0 Å². The third-order valence-corrected chi connectivity index (χ3v) is 4.73. The Kier molecular flexibility index (Phi) is 4.67. The highest BCUT2D eigenvalue weighted by Crippen LogP contribution is 2.24. The molecule has 0 aliphatic carbocycles. The Morgan fingerprint density at radius 2 is 2.44 bits per heavy atom. The zero-order valence-corrected chi connectivity index (χ0v) is 12.3. The van der Waals surface area contributed by atoms with Gasteiger partial charge in [0.05, 0.1) is 17.0 Å². The molecule has 1 aliphatic heterocycles. The summed E-state index contributed by atoms with van der Waals surface area (Å²) in [6.07, 6.45) is 0.312. The fourth-order valence-electron chi connectivity index (χ4n) is 1.83. The number of halogens is 2. The quantitative estimate of drug-likeness (QED) is 0.790. The van der Waals surface area contributed by atoms with Crippen molar-refractivity contribution in [2.45, 2.75) is 25.6 Å². The van der Waals surface area contributed by atoms with Crippen molar-refractivity contribution < 1.29 is 4.74 Å². The van der Waals surface area contributed by atoms with Crippen LogP contribution in [-0.2, 0) is 11.3 Å². The van der Waals surface area contributed by atoms with Gasteiger partial charge in [-0.2, -0.15) is 0 Å². The summed E-state index contributed by atoms with van der Waals surface area (Å²) in [6.45, 7) is 4.99. The lowest BCUT2D eigenvalue weighted by atomic mass is 10.2. The van der Waals surface area contributed by atoms with Crippen LogP contribution in [-0.4, -0.2) is 35.5 Å². The van der Waals surface area contributed by atoms with Crippen molar-refractivity contribution in [2.75, 3.05) is 18.5 Å². The van der Waals surface area contributed by atoms with Gasteiger partial charge in [-0.25, -0.2) is 0 Å². The molecule has 1 aliphatic rings. The fraction of sp³-hybridized carbons (Fsp3) is 0.636. The first-order chi connectivity index (χ1) is 7.69. The molecule has 5 heteroatoms. The second-order valence-electron chi connectivity index (χ2n) is 4.09. The monoisotopic (exact) mass is 323 g/mol. The maximum atomic E-state index is 5.94. The summed E-state index contributed by atoms with van der Waals surface area (Å²) in [5, 5.41) is 0.904. The van der Waals surface area contributed by atoms with E-state index < -0.39 is 0 Å². The molecule has 2 nitrogen and oxygen atoms in total. The predicted octanol–water partition coefficient (Wildman–Crippen LogP) is 3.39. The van der Waals surface area contributed by atoms with Gasteiger partial charge in [0.25, 0.3) is 0 Å². The summed E-state index contributed by atoms with van der Waals surface area (Å²) >= 11 is 11.1. The molecule has 2 heterocycles. The highest BCUT2D eigenvalue weighted by molar-refractivity contribution is 9.09. The molecule has 1 aromatic rings. The topological polar surface area (TPSA) is 12.5 Å². The smallest absolute Gasteiger partial charge is 0.0931 e. The van der Waals surface area contributed by atoms with Crippen LogP contribution in [0.15, 0.2) is 12.1 Å². The van der Waals surface area contributed by atoms with Crippen molar-refractivity contribution >= 4 is 38.9 Å². The van der Waals surface area contributed by atoms with Crippen molar-refractivity contribution in [2.24, 2.45) is 0 Å².